The third-order valence-corrected chi connectivity index (χ3v) is 3.21. The molecule has 2 aliphatic carbocycles. The van der Waals surface area contributed by atoms with Gasteiger partial charge in [0.2, 0.25) is 0 Å². The summed E-state index contributed by atoms with van der Waals surface area (Å²) in [6, 6.07) is 5.94. The smallest absolute Gasteiger partial charge is 0.0476 e. The van der Waals surface area contributed by atoms with Gasteiger partial charge in [-0.05, 0) is 34.9 Å². The molecule has 0 atom stereocenters. The summed E-state index contributed by atoms with van der Waals surface area (Å²) in [5.41, 5.74) is 18.1. The number of hydrogen-bond donors (Lipinski definition) is 2. The highest BCUT2D eigenvalue weighted by atomic mass is 32.1. The molecule has 0 fully saturated rings. The first kappa shape index (κ1) is 8.68. The number of hydrogen-bond acceptors (Lipinski definition) is 3. The number of nitrogens with two attached hydrogens (primary N) is 2. The Morgan fingerprint density at radius 1 is 1.13 bits per heavy atom. The van der Waals surface area contributed by atoms with Crippen molar-refractivity contribution in [3.8, 4) is 0 Å². The molecule has 3 rings (SSSR count). The molecule has 0 radical (unpaired) electrons. The first-order valence-corrected chi connectivity index (χ1v) is 5.21. The number of nitrogen functional groups attached to an aromatic ring is 1. The second-order valence-corrected chi connectivity index (χ2v) is 4.36. The number of anilines is 1. The Hall–Kier alpha value is -1.61. The average molecular weight is 214 g/mol. The molecule has 0 saturated carbocycles. The van der Waals surface area contributed by atoms with Gasteiger partial charge in [0.15, 0.2) is 0 Å². The maximum absolute atomic E-state index is 5.82. The van der Waals surface area contributed by atoms with E-state index in [1.165, 1.54) is 22.3 Å². The number of allylic oxidation sites excluding steroid dienone is 3. The van der Waals surface area contributed by atoms with E-state index in [1.54, 1.807) is 0 Å². The van der Waals surface area contributed by atoms with E-state index in [0.717, 1.165) is 22.7 Å². The highest BCUT2D eigenvalue weighted by Crippen LogP contribution is 2.47. The van der Waals surface area contributed by atoms with Crippen LogP contribution in [0.5, 0.6) is 0 Å². The zero-order valence-corrected chi connectivity index (χ0v) is 8.90. The Morgan fingerprint density at radius 3 is 2.73 bits per heavy atom. The van der Waals surface area contributed by atoms with Crippen LogP contribution in [-0.2, 0) is 0 Å². The summed E-state index contributed by atoms with van der Waals surface area (Å²) in [4.78, 5) is 0.853. The zero-order chi connectivity index (χ0) is 10.6. The van der Waals surface area contributed by atoms with Crippen molar-refractivity contribution in [1.29, 1.82) is 0 Å². The number of thiocarbonyl (C=S) groups is 1. The van der Waals surface area contributed by atoms with Crippen LogP contribution >= 0.6 is 12.2 Å². The molecule has 0 aliphatic heterocycles. The molecular formula is C12H10N2S. The topological polar surface area (TPSA) is 52.0 Å². The van der Waals surface area contributed by atoms with E-state index in [1.807, 2.05) is 24.3 Å². The van der Waals surface area contributed by atoms with Gasteiger partial charge in [-0.2, -0.15) is 0 Å². The van der Waals surface area contributed by atoms with Crippen LogP contribution in [0.25, 0.3) is 11.1 Å². The zero-order valence-electron chi connectivity index (χ0n) is 8.08. The lowest BCUT2D eigenvalue weighted by molar-refractivity contribution is 1.16. The molecule has 4 N–H and O–H groups in total. The Morgan fingerprint density at radius 2 is 1.93 bits per heavy atom. The van der Waals surface area contributed by atoms with E-state index >= 15 is 0 Å². The van der Waals surface area contributed by atoms with E-state index in [0.29, 0.717) is 0 Å². The van der Waals surface area contributed by atoms with Gasteiger partial charge in [0.25, 0.3) is 0 Å². The number of fused-ring (bicyclic) bond motifs is 3. The Balaban J connectivity index is 2.14. The van der Waals surface area contributed by atoms with Gasteiger partial charge in [-0.15, -0.1) is 0 Å². The summed E-state index contributed by atoms with van der Waals surface area (Å²) in [5, 5.41) is 0. The number of benzene rings is 1. The molecule has 0 heterocycles. The predicted molar refractivity (Wildman–Crippen MR) is 67.2 cm³/mol. The monoisotopic (exact) mass is 214 g/mol. The fourth-order valence-corrected chi connectivity index (χ4v) is 2.61. The molecule has 15 heavy (non-hydrogen) atoms. The van der Waals surface area contributed by atoms with Gasteiger partial charge in [0.1, 0.15) is 0 Å². The average Bonchev–Trinajstić information content (AvgIpc) is 2.16. The molecule has 0 amide bonds. The van der Waals surface area contributed by atoms with E-state index < -0.39 is 0 Å². The minimum absolute atomic E-state index is 0.791. The first-order chi connectivity index (χ1) is 7.16. The van der Waals surface area contributed by atoms with Crippen LogP contribution in [0.1, 0.15) is 17.5 Å². The van der Waals surface area contributed by atoms with Crippen LogP contribution in [0.3, 0.4) is 0 Å². The molecule has 0 spiro atoms. The van der Waals surface area contributed by atoms with Gasteiger partial charge >= 0.3 is 0 Å². The van der Waals surface area contributed by atoms with Crippen LogP contribution in [0, 0.1) is 0 Å². The molecule has 0 aromatic heterocycles. The fraction of sp³-hybridized carbons (Fsp3) is 0.0833. The van der Waals surface area contributed by atoms with Crippen molar-refractivity contribution in [2.45, 2.75) is 6.42 Å². The molecule has 1 aromatic rings. The molecule has 2 nitrogen and oxygen atoms in total. The first-order valence-electron chi connectivity index (χ1n) is 4.80. The van der Waals surface area contributed by atoms with E-state index in [2.05, 4.69) is 0 Å². The summed E-state index contributed by atoms with van der Waals surface area (Å²) in [6.45, 7) is 0. The molecule has 3 heteroatoms. The van der Waals surface area contributed by atoms with Crippen molar-refractivity contribution in [2.75, 3.05) is 5.73 Å². The molecule has 0 saturated heterocycles. The quantitative estimate of drug-likeness (QED) is 0.513. The standard InChI is InChI=1S/C12H10N2S/c13-6-1-2-8-9(3-6)10-4-7(14)5-11(15)12(8)10/h1-3,5H,4,13-14H2. The Kier molecular flexibility index (Phi) is 1.56. The molecule has 0 bridgehead atoms. The van der Waals surface area contributed by atoms with Crippen molar-refractivity contribution >= 4 is 33.9 Å². The lowest BCUT2D eigenvalue weighted by Crippen LogP contribution is -2.19. The normalized spacial score (nSPS) is 17.9. The fourth-order valence-electron chi connectivity index (χ4n) is 2.23. The van der Waals surface area contributed by atoms with Gasteiger partial charge in [-0.3, -0.25) is 0 Å². The summed E-state index contributed by atoms with van der Waals surface area (Å²) in [5.74, 6) is 0. The summed E-state index contributed by atoms with van der Waals surface area (Å²) in [6.07, 6.45) is 2.68. The van der Waals surface area contributed by atoms with Crippen molar-refractivity contribution < 1.29 is 0 Å². The van der Waals surface area contributed by atoms with Crippen LogP contribution in [0.15, 0.2) is 30.0 Å². The van der Waals surface area contributed by atoms with E-state index in [9.17, 15) is 0 Å². The predicted octanol–water partition coefficient (Wildman–Crippen LogP) is 2.11. The number of rotatable bonds is 0. The minimum Gasteiger partial charge on any atom is -0.402 e. The summed E-state index contributed by atoms with van der Waals surface area (Å²) >= 11 is 5.30. The van der Waals surface area contributed by atoms with Crippen molar-refractivity contribution in [3.05, 3.63) is 41.1 Å². The summed E-state index contributed by atoms with van der Waals surface area (Å²) < 4.78 is 0. The van der Waals surface area contributed by atoms with Gasteiger partial charge in [0.05, 0.1) is 0 Å². The highest BCUT2D eigenvalue weighted by Gasteiger charge is 2.30. The van der Waals surface area contributed by atoms with Crippen LogP contribution in [0.2, 0.25) is 0 Å². The van der Waals surface area contributed by atoms with Gasteiger partial charge in [0, 0.05) is 28.2 Å². The van der Waals surface area contributed by atoms with Crippen molar-refractivity contribution in [3.63, 3.8) is 0 Å². The summed E-state index contributed by atoms with van der Waals surface area (Å²) in [7, 11) is 0. The molecule has 2 aliphatic rings. The molecule has 0 unspecified atom stereocenters. The Bertz CT molecular complexity index is 553. The second kappa shape index (κ2) is 2.70. The maximum atomic E-state index is 5.82. The van der Waals surface area contributed by atoms with E-state index in [4.69, 9.17) is 23.7 Å². The Labute approximate surface area is 93.3 Å². The van der Waals surface area contributed by atoms with Crippen LogP contribution in [-0.4, -0.2) is 4.86 Å². The van der Waals surface area contributed by atoms with Gasteiger partial charge < -0.3 is 11.5 Å². The molecular weight excluding hydrogens is 204 g/mol. The van der Waals surface area contributed by atoms with Crippen molar-refractivity contribution in [1.82, 2.24) is 0 Å². The SMILES string of the molecule is NC1=CC(=S)C2=C(C1)c1cc(N)ccc12. The third-order valence-electron chi connectivity index (χ3n) is 2.88. The lowest BCUT2D eigenvalue weighted by atomic mass is 9.74. The minimum atomic E-state index is 0.791. The van der Waals surface area contributed by atoms with E-state index in [-0.39, 0.29) is 0 Å². The van der Waals surface area contributed by atoms with Gasteiger partial charge in [-0.25, -0.2) is 0 Å². The third kappa shape index (κ3) is 1.07. The van der Waals surface area contributed by atoms with Gasteiger partial charge in [-0.1, -0.05) is 18.3 Å². The van der Waals surface area contributed by atoms with Crippen molar-refractivity contribution in [2.24, 2.45) is 5.73 Å². The molecule has 1 aromatic carbocycles. The van der Waals surface area contributed by atoms with Crippen LogP contribution < -0.4 is 11.5 Å². The highest BCUT2D eigenvalue weighted by molar-refractivity contribution is 7.81. The molecule has 74 valence electrons. The largest absolute Gasteiger partial charge is 0.402 e. The van der Waals surface area contributed by atoms with Crippen LogP contribution in [0.4, 0.5) is 5.69 Å². The lowest BCUT2D eigenvalue weighted by Gasteiger charge is -2.31. The maximum Gasteiger partial charge on any atom is 0.0476 e. The second-order valence-electron chi connectivity index (χ2n) is 3.92.